The minimum Gasteiger partial charge on any atom is -0.418 e. The Morgan fingerprint density at radius 2 is 0.833 bits per heavy atom. The second kappa shape index (κ2) is 8.27. The monoisotopic (exact) mass is 456 g/mol. The summed E-state index contributed by atoms with van der Waals surface area (Å²) in [7, 11) is -6.00. The van der Waals surface area contributed by atoms with E-state index in [1.54, 1.807) is 0 Å². The number of aryl methyl sites for hydroxylation is 6. The molecule has 0 saturated heterocycles. The van der Waals surface area contributed by atoms with Gasteiger partial charge in [-0.05, 0) is 0 Å². The van der Waals surface area contributed by atoms with Gasteiger partial charge in [0.05, 0.1) is 0 Å². The Bertz CT molecular complexity index is 625. The number of rotatable bonds is 2. The van der Waals surface area contributed by atoms with Crippen LogP contribution >= 0.6 is 0 Å². The molecular formula is C16H22BF4IN2. The van der Waals surface area contributed by atoms with Crippen LogP contribution in [0.3, 0.4) is 0 Å². The Morgan fingerprint density at radius 1 is 0.625 bits per heavy atom. The van der Waals surface area contributed by atoms with E-state index in [1.165, 1.54) is 33.9 Å². The van der Waals surface area contributed by atoms with Gasteiger partial charge in [-0.1, -0.05) is 0 Å². The quantitative estimate of drug-likeness (QED) is 0.358. The average molecular weight is 456 g/mol. The molecule has 0 aromatic carbocycles. The molecule has 2 heterocycles. The molecule has 0 spiro atoms. The second-order valence-corrected chi connectivity index (χ2v) is 8.12. The first-order valence-corrected chi connectivity index (χ1v) is 9.34. The van der Waals surface area contributed by atoms with Crippen molar-refractivity contribution in [1.29, 1.82) is 0 Å². The van der Waals surface area contributed by atoms with Crippen molar-refractivity contribution in [2.45, 2.75) is 41.5 Å². The van der Waals surface area contributed by atoms with E-state index in [9.17, 15) is 17.3 Å². The van der Waals surface area contributed by atoms with Crippen LogP contribution in [-0.2, 0) is 0 Å². The minimum atomic E-state index is -6.00. The smallest absolute Gasteiger partial charge is 0.418 e. The zero-order chi connectivity index (χ0) is 18.7. The molecule has 2 nitrogen and oxygen atoms in total. The Balaban J connectivity index is 0.000000505. The summed E-state index contributed by atoms with van der Waals surface area (Å²) in [6.07, 6.45) is 0. The van der Waals surface area contributed by atoms with Gasteiger partial charge in [-0.2, -0.15) is 0 Å². The van der Waals surface area contributed by atoms with Crippen molar-refractivity contribution >= 4 is 7.25 Å². The molecule has 0 atom stereocenters. The molecule has 0 bridgehead atoms. The predicted molar refractivity (Wildman–Crippen MR) is 82.7 cm³/mol. The summed E-state index contributed by atoms with van der Waals surface area (Å²) >= 11 is -0.250. The molecule has 0 unspecified atom stereocenters. The van der Waals surface area contributed by atoms with Crippen LogP contribution in [0.2, 0.25) is 0 Å². The maximum Gasteiger partial charge on any atom is 0.673 e. The fraction of sp³-hybridized carbons (Fsp3) is 0.375. The summed E-state index contributed by atoms with van der Waals surface area (Å²) in [5.41, 5.74) is 8.12. The second-order valence-electron chi connectivity index (χ2n) is 5.76. The topological polar surface area (TPSA) is 7.76 Å². The molecule has 24 heavy (non-hydrogen) atoms. The number of nitrogens with zero attached hydrogens (tertiary/aromatic N) is 2. The minimum absolute atomic E-state index is 0.250. The molecule has 2 aromatic rings. The summed E-state index contributed by atoms with van der Waals surface area (Å²) in [5, 5.41) is 0. The molecule has 2 aromatic heterocycles. The average Bonchev–Trinajstić information content (AvgIpc) is 2.33. The van der Waals surface area contributed by atoms with Gasteiger partial charge in [0.2, 0.25) is 0 Å². The van der Waals surface area contributed by atoms with E-state index in [2.05, 4.69) is 71.4 Å². The third kappa shape index (κ3) is 6.74. The molecule has 0 aliphatic rings. The fourth-order valence-corrected chi connectivity index (χ4v) is 4.85. The Labute approximate surface area is 151 Å². The summed E-state index contributed by atoms with van der Waals surface area (Å²) < 4.78 is 43.9. The van der Waals surface area contributed by atoms with Gasteiger partial charge in [-0.15, -0.1) is 0 Å². The number of aromatic nitrogens is 2. The molecule has 134 valence electrons. The van der Waals surface area contributed by atoms with Crippen molar-refractivity contribution in [2.75, 3.05) is 0 Å². The van der Waals surface area contributed by atoms with Crippen LogP contribution in [0, 0.1) is 41.5 Å². The zero-order valence-electron chi connectivity index (χ0n) is 14.7. The van der Waals surface area contributed by atoms with E-state index in [1.807, 2.05) is 0 Å². The van der Waals surface area contributed by atoms with Gasteiger partial charge in [-0.25, -0.2) is 0 Å². The van der Waals surface area contributed by atoms with Crippen molar-refractivity contribution in [2.24, 2.45) is 0 Å². The Morgan fingerprint density at radius 3 is 1.04 bits per heavy atom. The maximum atomic E-state index is 9.75. The third-order valence-electron chi connectivity index (χ3n) is 3.14. The molecule has 8 heteroatoms. The third-order valence-corrected chi connectivity index (χ3v) is 7.04. The first-order chi connectivity index (χ1) is 10.9. The number of hydrogen-bond acceptors (Lipinski definition) is 0. The van der Waals surface area contributed by atoms with Crippen molar-refractivity contribution in [3.8, 4) is 0 Å². The van der Waals surface area contributed by atoms with Gasteiger partial charge in [0.15, 0.2) is 0 Å². The van der Waals surface area contributed by atoms with Crippen LogP contribution in [0.5, 0.6) is 0 Å². The van der Waals surface area contributed by atoms with Gasteiger partial charge in [0, 0.05) is 0 Å². The van der Waals surface area contributed by atoms with Crippen molar-refractivity contribution in [3.05, 3.63) is 58.2 Å². The Hall–Kier alpha value is -1.19. The molecule has 0 fully saturated rings. The normalized spacial score (nSPS) is 11.2. The zero-order valence-corrected chi connectivity index (χ0v) is 16.8. The summed E-state index contributed by atoms with van der Waals surface area (Å²) in [5.74, 6) is 0. The van der Waals surface area contributed by atoms with Crippen LogP contribution in [0.4, 0.5) is 17.3 Å². The summed E-state index contributed by atoms with van der Waals surface area (Å²) in [4.78, 5) is 0. The van der Waals surface area contributed by atoms with E-state index in [4.69, 9.17) is 0 Å². The van der Waals surface area contributed by atoms with Crippen molar-refractivity contribution in [1.82, 2.24) is 0 Å². The largest absolute Gasteiger partial charge is 0.673 e. The van der Waals surface area contributed by atoms with Crippen molar-refractivity contribution < 1.29 is 44.6 Å². The molecule has 0 aliphatic heterocycles. The molecule has 0 N–H and O–H groups in total. The molecule has 0 aliphatic carbocycles. The van der Waals surface area contributed by atoms with E-state index in [-0.39, 0.29) is 21.8 Å². The first-order valence-electron chi connectivity index (χ1n) is 7.41. The van der Waals surface area contributed by atoms with E-state index in [0.717, 1.165) is 0 Å². The summed E-state index contributed by atoms with van der Waals surface area (Å²) in [6, 6.07) is 9.08. The van der Waals surface area contributed by atoms with Crippen LogP contribution < -0.4 is 27.3 Å². The van der Waals surface area contributed by atoms with Crippen molar-refractivity contribution in [3.63, 3.8) is 0 Å². The van der Waals surface area contributed by atoms with Gasteiger partial charge in [-0.3, -0.25) is 0 Å². The molecular weight excluding hydrogens is 434 g/mol. The van der Waals surface area contributed by atoms with Gasteiger partial charge in [0.1, 0.15) is 0 Å². The number of halogens is 5. The van der Waals surface area contributed by atoms with E-state index >= 15 is 0 Å². The number of hydrogen-bond donors (Lipinski definition) is 0. The van der Waals surface area contributed by atoms with Crippen LogP contribution in [0.1, 0.15) is 33.9 Å². The van der Waals surface area contributed by atoms with Gasteiger partial charge < -0.3 is 17.3 Å². The van der Waals surface area contributed by atoms with Crippen LogP contribution in [0.15, 0.2) is 24.3 Å². The number of pyridine rings is 2. The van der Waals surface area contributed by atoms with Gasteiger partial charge in [0.25, 0.3) is 0 Å². The summed E-state index contributed by atoms with van der Waals surface area (Å²) in [6.45, 7) is 13.2. The SMILES string of the molecule is Cc1cc(C)[n+]([I-][n+]2c(C)cc(C)cc2C)c(C)c1.F[B-](F)(F)F. The van der Waals surface area contributed by atoms with Gasteiger partial charge >= 0.3 is 134 Å². The molecule has 0 saturated carbocycles. The standard InChI is InChI=1S/C16H22IN2.BF4/c1-11-7-13(3)18(14(4)8-11)17-19-15(5)9-12(2)10-16(19)6;2-1(3,4)5/h7-10H,1-6H3;/q+1;-1. The molecule has 0 amide bonds. The van der Waals surface area contributed by atoms with Crippen LogP contribution in [0.25, 0.3) is 0 Å². The first kappa shape index (κ1) is 20.9. The van der Waals surface area contributed by atoms with E-state index < -0.39 is 7.25 Å². The molecule has 0 radical (unpaired) electrons. The van der Waals surface area contributed by atoms with E-state index in [0.29, 0.717) is 0 Å². The maximum absolute atomic E-state index is 9.75. The predicted octanol–water partition coefficient (Wildman–Crippen LogP) is 0.728. The molecule has 2 rings (SSSR count). The van der Waals surface area contributed by atoms with Crippen LogP contribution in [-0.4, -0.2) is 7.25 Å². The Kier molecular flexibility index (Phi) is 7.18. The fourth-order valence-electron chi connectivity index (χ4n) is 2.50.